The van der Waals surface area contributed by atoms with E-state index in [0.29, 0.717) is 29.9 Å². The molecular weight excluding hydrogens is 477 g/mol. The summed E-state index contributed by atoms with van der Waals surface area (Å²) in [4.78, 5) is 3.32. The lowest BCUT2D eigenvalue weighted by Crippen LogP contribution is -2.17. The number of rotatable bonds is 4. The van der Waals surface area contributed by atoms with Gasteiger partial charge in [-0.15, -0.1) is 0 Å². The number of hydrogen-bond donors (Lipinski definition) is 0. The first-order valence-electron chi connectivity index (χ1n) is 11.2. The quantitative estimate of drug-likeness (QED) is 0.154. The van der Waals surface area contributed by atoms with E-state index >= 15 is 4.39 Å². The van der Waals surface area contributed by atoms with Crippen molar-refractivity contribution < 1.29 is 22.0 Å². The van der Waals surface area contributed by atoms with E-state index < -0.39 is 34.8 Å². The highest BCUT2D eigenvalue weighted by molar-refractivity contribution is 7.78. The van der Waals surface area contributed by atoms with Gasteiger partial charge >= 0.3 is 0 Å². The Balaban J connectivity index is 1.64. The summed E-state index contributed by atoms with van der Waals surface area (Å²) >= 11 is 4.36. The molecule has 0 aromatic heterocycles. The fourth-order valence-electron chi connectivity index (χ4n) is 4.53. The summed E-state index contributed by atoms with van der Waals surface area (Å²) in [5, 5.41) is 1.89. The first kappa shape index (κ1) is 24.8. The number of fused-ring (bicyclic) bond motifs is 1. The average molecular weight is 498 g/mol. The van der Waals surface area contributed by atoms with E-state index in [0.717, 1.165) is 37.5 Å². The highest BCUT2D eigenvalue weighted by atomic mass is 32.1. The molecule has 0 amide bonds. The average Bonchev–Trinajstić information content (AvgIpc) is 2.81. The van der Waals surface area contributed by atoms with E-state index in [2.05, 4.69) is 36.0 Å². The van der Waals surface area contributed by atoms with Gasteiger partial charge < -0.3 is 0 Å². The largest absolute Gasteiger partial charge is 0.206 e. The smallest absolute Gasteiger partial charge is 0.153 e. The molecule has 0 aliphatic heterocycles. The molecule has 0 saturated carbocycles. The predicted molar refractivity (Wildman–Crippen MR) is 129 cm³/mol. The minimum absolute atomic E-state index is 0.0477. The van der Waals surface area contributed by atoms with E-state index in [4.69, 9.17) is 0 Å². The lowest BCUT2D eigenvalue weighted by Gasteiger charge is -2.25. The van der Waals surface area contributed by atoms with E-state index in [1.54, 1.807) is 0 Å². The zero-order chi connectivity index (χ0) is 25.1. The highest BCUT2D eigenvalue weighted by Crippen LogP contribution is 2.33. The summed E-state index contributed by atoms with van der Waals surface area (Å²) in [7, 11) is 0. The molecule has 35 heavy (non-hydrogen) atoms. The molecule has 0 saturated heterocycles. The molecule has 1 aliphatic carbocycles. The van der Waals surface area contributed by atoms with Crippen LogP contribution < -0.4 is 0 Å². The fraction of sp³-hybridized carbons (Fsp3) is 0.250. The first-order valence-corrected chi connectivity index (χ1v) is 11.6. The summed E-state index contributed by atoms with van der Waals surface area (Å²) < 4.78 is 72.7. The minimum Gasteiger partial charge on any atom is -0.206 e. The Labute approximate surface area is 205 Å². The van der Waals surface area contributed by atoms with Gasteiger partial charge in [-0.2, -0.15) is 4.99 Å². The normalized spacial score (nSPS) is 14.5. The number of aliphatic imine (C=N–C) groups is 1. The van der Waals surface area contributed by atoms with Crippen LogP contribution in [-0.4, -0.2) is 5.16 Å². The standard InChI is InChI=1S/C28H20F5NS/c1-2-3-16-5-8-21-18(10-16)12-24(30)22(27(21)33)9-6-17-4-7-20(23(29)11-17)19-13-25(31)28(34-15-35)26(32)14-19/h4,7,11-14,16H,2-3,5,8,10H2,1H3. The molecule has 0 radical (unpaired) electrons. The SMILES string of the molecule is CCCC1CCc2c(cc(F)c(C#Cc3ccc(-c4cc(F)c(N=C=S)c(F)c4)c(F)c3)c2F)C1. The third-order valence-corrected chi connectivity index (χ3v) is 6.30. The van der Waals surface area contributed by atoms with Gasteiger partial charge in [0.2, 0.25) is 0 Å². The van der Waals surface area contributed by atoms with Gasteiger partial charge in [0.05, 0.1) is 10.7 Å². The Morgan fingerprint density at radius 3 is 2.34 bits per heavy atom. The van der Waals surface area contributed by atoms with Crippen molar-refractivity contribution in [2.45, 2.75) is 39.0 Å². The van der Waals surface area contributed by atoms with Gasteiger partial charge in [-0.1, -0.05) is 37.7 Å². The lowest BCUT2D eigenvalue weighted by molar-refractivity contribution is 0.411. The molecule has 0 heterocycles. The molecule has 3 aromatic rings. The van der Waals surface area contributed by atoms with Crippen molar-refractivity contribution in [2.75, 3.05) is 0 Å². The fourth-order valence-corrected chi connectivity index (χ4v) is 4.62. The van der Waals surface area contributed by atoms with Gasteiger partial charge in [0.1, 0.15) is 23.1 Å². The van der Waals surface area contributed by atoms with Crippen molar-refractivity contribution >= 4 is 23.1 Å². The number of isothiocyanates is 1. The van der Waals surface area contributed by atoms with Crippen LogP contribution in [0.3, 0.4) is 0 Å². The van der Waals surface area contributed by atoms with Gasteiger partial charge in [0.25, 0.3) is 0 Å². The molecule has 1 aliphatic rings. The zero-order valence-corrected chi connectivity index (χ0v) is 19.6. The van der Waals surface area contributed by atoms with Crippen LogP contribution in [0.5, 0.6) is 0 Å². The highest BCUT2D eigenvalue weighted by Gasteiger charge is 2.24. The second kappa shape index (κ2) is 10.5. The van der Waals surface area contributed by atoms with Crippen molar-refractivity contribution in [3.05, 3.63) is 87.7 Å². The minimum atomic E-state index is -1.01. The molecule has 0 spiro atoms. The van der Waals surface area contributed by atoms with Crippen LogP contribution in [0.25, 0.3) is 11.1 Å². The molecular formula is C28H20F5NS. The Morgan fingerprint density at radius 2 is 1.69 bits per heavy atom. The summed E-state index contributed by atoms with van der Waals surface area (Å²) in [5.41, 5.74) is 0.270. The van der Waals surface area contributed by atoms with E-state index in [1.165, 1.54) is 18.2 Å². The zero-order valence-electron chi connectivity index (χ0n) is 18.8. The van der Waals surface area contributed by atoms with Crippen LogP contribution in [0, 0.1) is 46.8 Å². The summed E-state index contributed by atoms with van der Waals surface area (Å²) in [6, 6.07) is 6.97. The van der Waals surface area contributed by atoms with Gasteiger partial charge in [-0.05, 0) is 84.4 Å². The summed E-state index contributed by atoms with van der Waals surface area (Å²) in [6.45, 7) is 2.09. The van der Waals surface area contributed by atoms with Crippen LogP contribution >= 0.6 is 12.2 Å². The monoisotopic (exact) mass is 497 g/mol. The van der Waals surface area contributed by atoms with Gasteiger partial charge in [-0.3, -0.25) is 0 Å². The van der Waals surface area contributed by atoms with Crippen molar-refractivity contribution in [1.29, 1.82) is 0 Å². The van der Waals surface area contributed by atoms with Gasteiger partial charge in [0.15, 0.2) is 11.6 Å². The maximum atomic E-state index is 15.1. The molecule has 7 heteroatoms. The second-order valence-corrected chi connectivity index (χ2v) is 8.70. The topological polar surface area (TPSA) is 12.4 Å². The molecule has 1 nitrogen and oxygen atoms in total. The van der Waals surface area contributed by atoms with Gasteiger partial charge in [-0.25, -0.2) is 22.0 Å². The number of hydrogen-bond acceptors (Lipinski definition) is 2. The summed E-state index contributed by atoms with van der Waals surface area (Å²) in [5.74, 6) is 1.29. The Morgan fingerprint density at radius 1 is 0.943 bits per heavy atom. The molecule has 0 bridgehead atoms. The van der Waals surface area contributed by atoms with E-state index in [1.807, 2.05) is 5.16 Å². The molecule has 4 rings (SSSR count). The van der Waals surface area contributed by atoms with Crippen LogP contribution in [-0.2, 0) is 12.8 Å². The molecule has 3 aromatic carbocycles. The molecule has 178 valence electrons. The van der Waals surface area contributed by atoms with Crippen molar-refractivity contribution in [1.82, 2.24) is 0 Å². The molecule has 1 atom stereocenters. The first-order chi connectivity index (χ1) is 16.8. The molecule has 1 unspecified atom stereocenters. The number of thiocarbonyl (C=S) groups is 1. The molecule has 0 N–H and O–H groups in total. The van der Waals surface area contributed by atoms with Crippen LogP contribution in [0.4, 0.5) is 27.6 Å². The predicted octanol–water partition coefficient (Wildman–Crippen LogP) is 8.09. The summed E-state index contributed by atoms with van der Waals surface area (Å²) in [6.07, 6.45) is 4.09. The van der Waals surface area contributed by atoms with Crippen LogP contribution in [0.15, 0.2) is 41.4 Å². The van der Waals surface area contributed by atoms with E-state index in [9.17, 15) is 17.6 Å². The van der Waals surface area contributed by atoms with Gasteiger partial charge in [0, 0.05) is 11.1 Å². The van der Waals surface area contributed by atoms with Crippen LogP contribution in [0.1, 0.15) is 48.4 Å². The van der Waals surface area contributed by atoms with Crippen molar-refractivity contribution in [3.63, 3.8) is 0 Å². The van der Waals surface area contributed by atoms with Crippen molar-refractivity contribution in [3.8, 4) is 23.0 Å². The Bertz CT molecular complexity index is 1390. The molecule has 0 fully saturated rings. The third kappa shape index (κ3) is 5.19. The Hall–Kier alpha value is -3.33. The second-order valence-electron chi connectivity index (χ2n) is 8.52. The number of halogens is 5. The number of nitrogens with zero attached hydrogens (tertiary/aromatic N) is 1. The third-order valence-electron chi connectivity index (χ3n) is 6.21. The van der Waals surface area contributed by atoms with Crippen LogP contribution in [0.2, 0.25) is 0 Å². The maximum Gasteiger partial charge on any atom is 0.153 e. The van der Waals surface area contributed by atoms with E-state index in [-0.39, 0.29) is 22.3 Å². The lowest BCUT2D eigenvalue weighted by atomic mass is 9.81. The Kier molecular flexibility index (Phi) is 7.45. The van der Waals surface area contributed by atoms with Crippen molar-refractivity contribution in [2.24, 2.45) is 10.9 Å². The maximum absolute atomic E-state index is 15.1. The number of benzene rings is 3.